The maximum absolute atomic E-state index is 2.27. The van der Waals surface area contributed by atoms with Gasteiger partial charge in [0.25, 0.3) is 0 Å². The van der Waals surface area contributed by atoms with Crippen molar-refractivity contribution >= 4 is 44.4 Å². The first kappa shape index (κ1) is 11.6. The summed E-state index contributed by atoms with van der Waals surface area (Å²) >= 11 is 4.74. The van der Waals surface area contributed by atoms with Crippen molar-refractivity contribution in [1.82, 2.24) is 0 Å². The van der Waals surface area contributed by atoms with Crippen molar-refractivity contribution < 1.29 is 0 Å². The fourth-order valence-corrected chi connectivity index (χ4v) is 7.14. The second-order valence-corrected chi connectivity index (χ2v) is 8.84. The van der Waals surface area contributed by atoms with Gasteiger partial charge in [0.05, 0.1) is 0 Å². The summed E-state index contributed by atoms with van der Waals surface area (Å²) in [5.74, 6) is 4.28. The molecule has 1 unspecified atom stereocenters. The van der Waals surface area contributed by atoms with E-state index in [1.165, 1.54) is 30.1 Å². The molecule has 1 aliphatic heterocycles. The van der Waals surface area contributed by atoms with Gasteiger partial charge in [-0.1, -0.05) is 0 Å². The van der Waals surface area contributed by atoms with Crippen LogP contribution in [0.2, 0.25) is 8.94 Å². The summed E-state index contributed by atoms with van der Waals surface area (Å²) in [5, 5.41) is 1.12. The molecule has 0 radical (unpaired) electrons. The first-order valence-corrected chi connectivity index (χ1v) is 10.2. The fraction of sp³-hybridized carbons (Fsp3) is 1.00. The first-order valence-electron chi connectivity index (χ1n) is 4.70. The Morgan fingerprint density at radius 2 is 2.33 bits per heavy atom. The Labute approximate surface area is 95.1 Å². The Morgan fingerprint density at radius 3 is 3.00 bits per heavy atom. The van der Waals surface area contributed by atoms with Crippen LogP contribution in [0.3, 0.4) is 0 Å². The van der Waals surface area contributed by atoms with E-state index in [0.29, 0.717) is 20.9 Å². The van der Waals surface area contributed by atoms with Gasteiger partial charge in [-0.3, -0.25) is 0 Å². The van der Waals surface area contributed by atoms with Crippen LogP contribution in [0.15, 0.2) is 0 Å². The molecular formula is C9H18S2Te. The Morgan fingerprint density at radius 1 is 1.50 bits per heavy atom. The zero-order valence-corrected chi connectivity index (χ0v) is 11.7. The molecule has 3 heteroatoms. The monoisotopic (exact) mass is 320 g/mol. The van der Waals surface area contributed by atoms with Crippen LogP contribution in [-0.2, 0) is 0 Å². The molecule has 1 heterocycles. The van der Waals surface area contributed by atoms with Crippen molar-refractivity contribution in [2.45, 2.75) is 34.0 Å². The molecule has 0 amide bonds. The number of hydrogen-bond acceptors (Lipinski definition) is 2. The van der Waals surface area contributed by atoms with Gasteiger partial charge < -0.3 is 0 Å². The third kappa shape index (κ3) is 6.95. The normalized spacial score (nSPS) is 21.2. The van der Waals surface area contributed by atoms with Crippen molar-refractivity contribution in [3.05, 3.63) is 0 Å². The van der Waals surface area contributed by atoms with Crippen LogP contribution < -0.4 is 0 Å². The summed E-state index contributed by atoms with van der Waals surface area (Å²) in [7, 11) is 0. The minimum absolute atomic E-state index is 0.430. The maximum atomic E-state index is 2.27. The average Bonchev–Trinajstić information content (AvgIpc) is 2.87. The van der Waals surface area contributed by atoms with Gasteiger partial charge in [-0.25, -0.2) is 0 Å². The van der Waals surface area contributed by atoms with Gasteiger partial charge in [-0.15, -0.1) is 0 Å². The molecule has 1 aliphatic rings. The third-order valence-corrected chi connectivity index (χ3v) is 8.01. The van der Waals surface area contributed by atoms with Crippen LogP contribution in [0.4, 0.5) is 0 Å². The predicted octanol–water partition coefficient (Wildman–Crippen LogP) is 3.18. The van der Waals surface area contributed by atoms with E-state index in [1.807, 2.05) is 0 Å². The molecule has 72 valence electrons. The zero-order chi connectivity index (χ0) is 8.65. The van der Waals surface area contributed by atoms with Crippen LogP contribution >= 0.6 is 23.5 Å². The van der Waals surface area contributed by atoms with Crippen molar-refractivity contribution in [3.8, 4) is 0 Å². The van der Waals surface area contributed by atoms with Crippen LogP contribution in [0.25, 0.3) is 0 Å². The van der Waals surface area contributed by atoms with Gasteiger partial charge in [0.1, 0.15) is 0 Å². The molecule has 0 N–H and O–H groups in total. The van der Waals surface area contributed by atoms with Crippen molar-refractivity contribution in [1.29, 1.82) is 0 Å². The zero-order valence-electron chi connectivity index (χ0n) is 7.75. The van der Waals surface area contributed by atoms with Crippen molar-refractivity contribution in [2.24, 2.45) is 0 Å². The molecule has 12 heavy (non-hydrogen) atoms. The quantitative estimate of drug-likeness (QED) is 0.383. The topological polar surface area (TPSA) is 0 Å². The number of rotatable bonds is 8. The van der Waals surface area contributed by atoms with E-state index in [0.717, 1.165) is 5.25 Å². The van der Waals surface area contributed by atoms with Gasteiger partial charge in [0.2, 0.25) is 0 Å². The van der Waals surface area contributed by atoms with Gasteiger partial charge >= 0.3 is 95.7 Å². The summed E-state index contributed by atoms with van der Waals surface area (Å²) in [6.45, 7) is 2.27. The standard InChI is InChI=1S/C9H18S2Te/c1-2-4-10-5-3-6-12-8-9-7-11-9/h9H,2-8H2,1H3. The molecule has 1 rings (SSSR count). The molecule has 0 aromatic heterocycles. The van der Waals surface area contributed by atoms with E-state index < -0.39 is 0 Å². The Balaban J connectivity index is 1.65. The molecule has 1 saturated heterocycles. The second-order valence-electron chi connectivity index (χ2n) is 3.00. The summed E-state index contributed by atoms with van der Waals surface area (Å²) in [4.78, 5) is 0. The molecule has 0 aromatic rings. The molecule has 0 aliphatic carbocycles. The third-order valence-electron chi connectivity index (χ3n) is 1.63. The van der Waals surface area contributed by atoms with Gasteiger partial charge in [-0.2, -0.15) is 0 Å². The summed E-state index contributed by atoms with van der Waals surface area (Å²) < 4.78 is 3.22. The second kappa shape index (κ2) is 7.85. The minimum atomic E-state index is 0.430. The molecule has 1 fully saturated rings. The van der Waals surface area contributed by atoms with Crippen LogP contribution in [-0.4, -0.2) is 43.4 Å². The van der Waals surface area contributed by atoms with Crippen LogP contribution in [0.1, 0.15) is 19.8 Å². The van der Waals surface area contributed by atoms with E-state index in [-0.39, 0.29) is 0 Å². The van der Waals surface area contributed by atoms with E-state index in [9.17, 15) is 0 Å². The Bertz CT molecular complexity index is 105. The summed E-state index contributed by atoms with van der Waals surface area (Å²) in [6, 6.07) is 0. The molecular weight excluding hydrogens is 300 g/mol. The molecule has 0 spiro atoms. The Hall–Kier alpha value is 1.49. The first-order chi connectivity index (χ1) is 5.93. The summed E-state index contributed by atoms with van der Waals surface area (Å²) in [5.41, 5.74) is 0. The fourth-order valence-electron chi connectivity index (χ4n) is 0.888. The molecule has 0 aromatic carbocycles. The number of hydrogen-bond donors (Lipinski definition) is 0. The van der Waals surface area contributed by atoms with Crippen LogP contribution in [0.5, 0.6) is 0 Å². The van der Waals surface area contributed by atoms with Crippen molar-refractivity contribution in [3.63, 3.8) is 0 Å². The van der Waals surface area contributed by atoms with Crippen LogP contribution in [0, 0.1) is 0 Å². The van der Waals surface area contributed by atoms with E-state index in [2.05, 4.69) is 30.4 Å². The summed E-state index contributed by atoms with van der Waals surface area (Å²) in [6.07, 6.45) is 2.85. The Kier molecular flexibility index (Phi) is 7.57. The SMILES string of the molecule is CCCSCCC[Te]CC1CS1. The molecule has 1 atom stereocenters. The number of thioether (sulfide) groups is 2. The van der Waals surface area contributed by atoms with Gasteiger partial charge in [0, 0.05) is 0 Å². The molecule has 0 bridgehead atoms. The average molecular weight is 318 g/mol. The van der Waals surface area contributed by atoms with E-state index in [4.69, 9.17) is 0 Å². The predicted molar refractivity (Wildman–Crippen MR) is 63.8 cm³/mol. The molecule has 0 saturated carbocycles. The molecule has 0 nitrogen and oxygen atoms in total. The van der Waals surface area contributed by atoms with E-state index in [1.54, 1.807) is 8.94 Å². The van der Waals surface area contributed by atoms with Crippen molar-refractivity contribution in [2.75, 3.05) is 17.3 Å². The van der Waals surface area contributed by atoms with Gasteiger partial charge in [-0.05, 0) is 0 Å². The van der Waals surface area contributed by atoms with Gasteiger partial charge in [0.15, 0.2) is 0 Å². The van der Waals surface area contributed by atoms with E-state index >= 15 is 0 Å².